The third-order valence-electron chi connectivity index (χ3n) is 8.94. The molecule has 0 N–H and O–H groups in total. The highest BCUT2D eigenvalue weighted by Gasteiger charge is 2.19. The van der Waals surface area contributed by atoms with Crippen LogP contribution < -0.4 is 0 Å². The normalized spacial score (nSPS) is 11.7. The van der Waals surface area contributed by atoms with E-state index in [1.165, 1.54) is 43.6 Å². The lowest BCUT2D eigenvalue weighted by Gasteiger charge is -2.14. The van der Waals surface area contributed by atoms with E-state index in [2.05, 4.69) is 173 Å². The summed E-state index contributed by atoms with van der Waals surface area (Å²) < 4.78 is 4.74. The van der Waals surface area contributed by atoms with Crippen molar-refractivity contribution in [1.82, 2.24) is 9.13 Å². The molecule has 0 radical (unpaired) electrons. The Kier molecular flexibility index (Phi) is 5.90. The van der Waals surface area contributed by atoms with Crippen molar-refractivity contribution < 1.29 is 0 Å². The molecule has 9 aromatic rings. The van der Waals surface area contributed by atoms with E-state index in [0.29, 0.717) is 5.02 Å². The van der Waals surface area contributed by atoms with E-state index in [1.54, 1.807) is 0 Å². The van der Waals surface area contributed by atoms with Gasteiger partial charge >= 0.3 is 0 Å². The molecule has 0 aliphatic carbocycles. The summed E-state index contributed by atoms with van der Waals surface area (Å²) >= 11 is 6.99. The molecule has 0 amide bonds. The quantitative estimate of drug-likeness (QED) is 0.192. The third-order valence-corrected chi connectivity index (χ3v) is 9.16. The van der Waals surface area contributed by atoms with E-state index in [-0.39, 0.29) is 0 Å². The summed E-state index contributed by atoms with van der Waals surface area (Å²) in [6.07, 6.45) is 0. The molecule has 0 saturated heterocycles. The first-order valence-corrected chi connectivity index (χ1v) is 15.6. The van der Waals surface area contributed by atoms with Gasteiger partial charge in [-0.3, -0.25) is 0 Å². The van der Waals surface area contributed by atoms with Crippen LogP contribution in [-0.4, -0.2) is 9.13 Å². The summed E-state index contributed by atoms with van der Waals surface area (Å²) in [5.74, 6) is 0. The molecule has 45 heavy (non-hydrogen) atoms. The van der Waals surface area contributed by atoms with E-state index in [0.717, 1.165) is 33.6 Å². The zero-order valence-corrected chi connectivity index (χ0v) is 25.1. The molecule has 0 spiro atoms. The minimum atomic E-state index is 0.714. The SMILES string of the molecule is Clc1cc(-c2cccc3c2c2ccccc2n3-c2ccccc2)cc(-c2cccc3c4ccccc4n(-c4ccccc4)c23)c1. The average molecular weight is 595 g/mol. The maximum absolute atomic E-state index is 6.99. The van der Waals surface area contributed by atoms with E-state index in [1.807, 2.05) is 0 Å². The molecule has 0 saturated carbocycles. The van der Waals surface area contributed by atoms with E-state index in [9.17, 15) is 0 Å². The Labute approximate surface area is 266 Å². The predicted octanol–water partition coefficient (Wildman–Crippen LogP) is 11.9. The highest BCUT2D eigenvalue weighted by atomic mass is 35.5. The van der Waals surface area contributed by atoms with Gasteiger partial charge in [0.25, 0.3) is 0 Å². The second-order valence-electron chi connectivity index (χ2n) is 11.5. The maximum Gasteiger partial charge on any atom is 0.0619 e. The fourth-order valence-electron chi connectivity index (χ4n) is 7.11. The number of para-hydroxylation sites is 5. The van der Waals surface area contributed by atoms with Crippen LogP contribution in [0.15, 0.2) is 164 Å². The molecule has 9 rings (SSSR count). The van der Waals surface area contributed by atoms with Crippen LogP contribution >= 0.6 is 11.6 Å². The zero-order chi connectivity index (χ0) is 29.9. The van der Waals surface area contributed by atoms with E-state index >= 15 is 0 Å². The molecule has 7 aromatic carbocycles. The van der Waals surface area contributed by atoms with Gasteiger partial charge in [0.1, 0.15) is 0 Å². The Morgan fingerprint density at radius 1 is 0.378 bits per heavy atom. The van der Waals surface area contributed by atoms with Gasteiger partial charge in [-0.1, -0.05) is 115 Å². The van der Waals surface area contributed by atoms with Crippen molar-refractivity contribution in [3.8, 4) is 33.6 Å². The summed E-state index contributed by atoms with van der Waals surface area (Å²) in [7, 11) is 0. The molecule has 212 valence electrons. The van der Waals surface area contributed by atoms with Crippen LogP contribution in [0.5, 0.6) is 0 Å². The minimum absolute atomic E-state index is 0.714. The molecular weight excluding hydrogens is 568 g/mol. The monoisotopic (exact) mass is 594 g/mol. The maximum atomic E-state index is 6.99. The van der Waals surface area contributed by atoms with Crippen molar-refractivity contribution in [2.75, 3.05) is 0 Å². The molecule has 0 bridgehead atoms. The first-order valence-electron chi connectivity index (χ1n) is 15.2. The third kappa shape index (κ3) is 4.03. The summed E-state index contributed by atoms with van der Waals surface area (Å²) in [6, 6.07) is 58.2. The number of rotatable bonds is 4. The number of fused-ring (bicyclic) bond motifs is 6. The Morgan fingerprint density at radius 2 is 0.889 bits per heavy atom. The van der Waals surface area contributed by atoms with Crippen molar-refractivity contribution in [3.63, 3.8) is 0 Å². The largest absolute Gasteiger partial charge is 0.309 e. The fraction of sp³-hybridized carbons (Fsp3) is 0. The summed E-state index contributed by atoms with van der Waals surface area (Å²) in [6.45, 7) is 0. The standard InChI is InChI=1S/C42H27ClN2/c43-30-26-28(33-19-12-24-40-41(33)37-18-8-10-23-39(37)44(40)31-13-3-1-4-14-31)25-29(27-30)34-20-11-21-36-35-17-7-9-22-38(35)45(42(34)36)32-15-5-2-6-16-32/h1-27H. The topological polar surface area (TPSA) is 9.86 Å². The first kappa shape index (κ1) is 25.9. The second-order valence-corrected chi connectivity index (χ2v) is 11.9. The minimum Gasteiger partial charge on any atom is -0.309 e. The molecule has 2 aromatic heterocycles. The Bertz CT molecular complexity index is 2540. The molecule has 0 fully saturated rings. The van der Waals surface area contributed by atoms with Crippen molar-refractivity contribution in [3.05, 3.63) is 169 Å². The van der Waals surface area contributed by atoms with Crippen molar-refractivity contribution >= 4 is 55.2 Å². The van der Waals surface area contributed by atoms with Crippen molar-refractivity contribution in [1.29, 1.82) is 0 Å². The van der Waals surface area contributed by atoms with Crippen LogP contribution in [0.25, 0.3) is 77.2 Å². The van der Waals surface area contributed by atoms with Crippen molar-refractivity contribution in [2.24, 2.45) is 0 Å². The predicted molar refractivity (Wildman–Crippen MR) is 191 cm³/mol. The molecule has 0 aliphatic heterocycles. The number of aromatic nitrogens is 2. The molecular formula is C42H27ClN2. The number of nitrogens with zero attached hydrogens (tertiary/aromatic N) is 2. The van der Waals surface area contributed by atoms with Gasteiger partial charge in [0.15, 0.2) is 0 Å². The Hall–Kier alpha value is -5.57. The summed E-state index contributed by atoms with van der Waals surface area (Å²) in [4.78, 5) is 0. The number of benzene rings is 7. The van der Waals surface area contributed by atoms with Crippen LogP contribution in [0.2, 0.25) is 5.02 Å². The van der Waals surface area contributed by atoms with Gasteiger partial charge in [0, 0.05) is 43.5 Å². The lowest BCUT2D eigenvalue weighted by atomic mass is 9.95. The Morgan fingerprint density at radius 3 is 1.62 bits per heavy atom. The fourth-order valence-corrected chi connectivity index (χ4v) is 7.35. The lowest BCUT2D eigenvalue weighted by molar-refractivity contribution is 1.18. The molecule has 0 unspecified atom stereocenters. The van der Waals surface area contributed by atoms with Crippen LogP contribution in [0.1, 0.15) is 0 Å². The van der Waals surface area contributed by atoms with Gasteiger partial charge in [-0.2, -0.15) is 0 Å². The smallest absolute Gasteiger partial charge is 0.0619 e. The van der Waals surface area contributed by atoms with E-state index in [4.69, 9.17) is 11.6 Å². The van der Waals surface area contributed by atoms with Crippen LogP contribution in [0.4, 0.5) is 0 Å². The molecule has 0 atom stereocenters. The van der Waals surface area contributed by atoms with Crippen molar-refractivity contribution in [2.45, 2.75) is 0 Å². The number of hydrogen-bond acceptors (Lipinski definition) is 0. The molecule has 0 aliphatic rings. The first-order chi connectivity index (χ1) is 22.3. The highest BCUT2D eigenvalue weighted by Crippen LogP contribution is 2.43. The number of halogens is 1. The number of hydrogen-bond donors (Lipinski definition) is 0. The summed E-state index contributed by atoms with van der Waals surface area (Å²) in [5, 5.41) is 5.62. The molecule has 2 nitrogen and oxygen atoms in total. The average Bonchev–Trinajstić information content (AvgIpc) is 3.62. The lowest BCUT2D eigenvalue weighted by Crippen LogP contribution is -1.95. The van der Waals surface area contributed by atoms with Gasteiger partial charge in [0.2, 0.25) is 0 Å². The van der Waals surface area contributed by atoms with E-state index < -0.39 is 0 Å². The van der Waals surface area contributed by atoms with Gasteiger partial charge < -0.3 is 9.13 Å². The Balaban J connectivity index is 1.33. The molecule has 2 heterocycles. The van der Waals surface area contributed by atoms with Crippen LogP contribution in [-0.2, 0) is 0 Å². The van der Waals surface area contributed by atoms with Gasteiger partial charge in [-0.25, -0.2) is 0 Å². The van der Waals surface area contributed by atoms with Crippen LogP contribution in [0.3, 0.4) is 0 Å². The van der Waals surface area contributed by atoms with Gasteiger partial charge in [0.05, 0.1) is 22.1 Å². The highest BCUT2D eigenvalue weighted by molar-refractivity contribution is 6.31. The summed E-state index contributed by atoms with van der Waals surface area (Å²) in [5.41, 5.74) is 11.5. The van der Waals surface area contributed by atoms with Crippen LogP contribution in [0, 0.1) is 0 Å². The van der Waals surface area contributed by atoms with Gasteiger partial charge in [-0.15, -0.1) is 0 Å². The second kappa shape index (κ2) is 10.3. The van der Waals surface area contributed by atoms with Gasteiger partial charge in [-0.05, 0) is 77.4 Å². The molecule has 3 heteroatoms. The zero-order valence-electron chi connectivity index (χ0n) is 24.4.